The lowest BCUT2D eigenvalue weighted by atomic mass is 10.1. The number of carbonyl (C=O) groups excluding carboxylic acids is 1. The molecule has 3 aromatic heterocycles. The Kier molecular flexibility index (Phi) is 3.12. The molecule has 1 aromatic carbocycles. The Morgan fingerprint density at radius 2 is 2.08 bits per heavy atom. The van der Waals surface area contributed by atoms with Gasteiger partial charge in [-0.3, -0.25) is 9.78 Å². The first-order valence-electron chi connectivity index (χ1n) is 8.27. The second-order valence-electron chi connectivity index (χ2n) is 6.33. The number of hydrogen-bond donors (Lipinski definition) is 0. The van der Waals surface area contributed by atoms with Gasteiger partial charge in [-0.25, -0.2) is 9.97 Å². The van der Waals surface area contributed by atoms with E-state index < -0.39 is 0 Å². The number of anilines is 1. The first-order valence-corrected chi connectivity index (χ1v) is 8.27. The van der Waals surface area contributed by atoms with E-state index in [1.54, 1.807) is 23.5 Å². The Bertz CT molecular complexity index is 1150. The van der Waals surface area contributed by atoms with Gasteiger partial charge in [0.1, 0.15) is 5.52 Å². The molecule has 0 spiro atoms. The molecular weight excluding hydrogens is 328 g/mol. The van der Waals surface area contributed by atoms with Crippen LogP contribution in [-0.2, 0) is 6.54 Å². The summed E-state index contributed by atoms with van der Waals surface area (Å²) in [4.78, 5) is 27.4. The summed E-state index contributed by atoms with van der Waals surface area (Å²) >= 11 is 0. The van der Waals surface area contributed by atoms with Crippen molar-refractivity contribution in [1.29, 1.82) is 0 Å². The molecule has 1 aliphatic rings. The van der Waals surface area contributed by atoms with Crippen LogP contribution in [-0.4, -0.2) is 20.9 Å². The van der Waals surface area contributed by atoms with Crippen LogP contribution in [0, 0.1) is 6.92 Å². The van der Waals surface area contributed by atoms with E-state index in [9.17, 15) is 4.79 Å². The van der Waals surface area contributed by atoms with E-state index in [1.807, 2.05) is 37.3 Å². The topological polar surface area (TPSA) is 72.1 Å². The van der Waals surface area contributed by atoms with Crippen molar-refractivity contribution in [2.75, 3.05) is 4.90 Å². The Labute approximate surface area is 149 Å². The maximum Gasteiger partial charge on any atom is 0.258 e. The zero-order chi connectivity index (χ0) is 17.7. The zero-order valence-corrected chi connectivity index (χ0v) is 14.0. The van der Waals surface area contributed by atoms with Crippen molar-refractivity contribution < 1.29 is 9.21 Å². The number of nitrogens with zero attached hydrogens (tertiary/aromatic N) is 4. The highest BCUT2D eigenvalue weighted by molar-refractivity contribution is 6.10. The second kappa shape index (κ2) is 5.49. The molecule has 0 saturated heterocycles. The normalized spacial score (nSPS) is 13.4. The lowest BCUT2D eigenvalue weighted by molar-refractivity contribution is 0.0996. The minimum absolute atomic E-state index is 0.0165. The van der Waals surface area contributed by atoms with E-state index in [1.165, 1.54) is 0 Å². The summed E-state index contributed by atoms with van der Waals surface area (Å²) in [7, 11) is 0. The van der Waals surface area contributed by atoms with Gasteiger partial charge >= 0.3 is 0 Å². The summed E-state index contributed by atoms with van der Waals surface area (Å²) in [5, 5.41) is 0. The molecule has 126 valence electrons. The number of rotatable bonds is 2. The fraction of sp³-hybridized carbons (Fsp3) is 0.100. The van der Waals surface area contributed by atoms with Crippen LogP contribution in [0.4, 0.5) is 5.69 Å². The number of amides is 1. The molecule has 0 unspecified atom stereocenters. The maximum absolute atomic E-state index is 12.7. The first-order chi connectivity index (χ1) is 12.7. The van der Waals surface area contributed by atoms with Crippen LogP contribution in [0.2, 0.25) is 0 Å². The Hall–Kier alpha value is -3.54. The predicted octanol–water partition coefficient (Wildman–Crippen LogP) is 3.75. The Balaban J connectivity index is 1.54. The van der Waals surface area contributed by atoms with Crippen LogP contribution in [0.1, 0.15) is 21.5 Å². The zero-order valence-electron chi connectivity index (χ0n) is 14.0. The lowest BCUT2D eigenvalue weighted by Gasteiger charge is -2.14. The van der Waals surface area contributed by atoms with Gasteiger partial charge in [-0.2, -0.15) is 0 Å². The van der Waals surface area contributed by atoms with Crippen LogP contribution in [0.3, 0.4) is 0 Å². The average Bonchev–Trinajstić information content (AvgIpc) is 3.23. The van der Waals surface area contributed by atoms with E-state index in [0.717, 1.165) is 22.3 Å². The summed E-state index contributed by atoms with van der Waals surface area (Å²) in [6, 6.07) is 11.4. The number of pyridine rings is 2. The minimum Gasteiger partial charge on any atom is -0.418 e. The predicted molar refractivity (Wildman–Crippen MR) is 96.7 cm³/mol. The average molecular weight is 342 g/mol. The molecule has 0 fully saturated rings. The first kappa shape index (κ1) is 14.8. The molecule has 4 aromatic rings. The number of benzene rings is 1. The largest absolute Gasteiger partial charge is 0.418 e. The van der Waals surface area contributed by atoms with Gasteiger partial charge in [0.05, 0.1) is 24.0 Å². The third-order valence-corrected chi connectivity index (χ3v) is 4.52. The van der Waals surface area contributed by atoms with Gasteiger partial charge in [0.15, 0.2) is 0 Å². The van der Waals surface area contributed by atoms with Gasteiger partial charge in [0.25, 0.3) is 5.91 Å². The van der Waals surface area contributed by atoms with Crippen molar-refractivity contribution in [2.24, 2.45) is 0 Å². The standard InChI is InChI=1S/C20H14N4O2/c1-12-4-5-16-14(7-12)11-24(20(16)25)15-8-17-19(22-10-15)26-18(23-17)13-3-2-6-21-9-13/h2-10H,11H2,1H3. The molecule has 5 rings (SSSR count). The number of carbonyl (C=O) groups is 1. The van der Waals surface area contributed by atoms with Crippen LogP contribution in [0.15, 0.2) is 59.4 Å². The van der Waals surface area contributed by atoms with Crippen LogP contribution in [0.25, 0.3) is 22.7 Å². The quantitative estimate of drug-likeness (QED) is 0.555. The molecule has 0 aliphatic carbocycles. The summed E-state index contributed by atoms with van der Waals surface area (Å²) in [5.41, 5.74) is 5.46. The van der Waals surface area contributed by atoms with Crippen molar-refractivity contribution in [3.63, 3.8) is 0 Å². The Morgan fingerprint density at radius 1 is 1.15 bits per heavy atom. The fourth-order valence-electron chi connectivity index (χ4n) is 3.23. The van der Waals surface area contributed by atoms with E-state index in [2.05, 4.69) is 21.0 Å². The summed E-state index contributed by atoms with van der Waals surface area (Å²) in [6.45, 7) is 2.56. The molecule has 6 nitrogen and oxygen atoms in total. The summed E-state index contributed by atoms with van der Waals surface area (Å²) < 4.78 is 5.71. The van der Waals surface area contributed by atoms with Gasteiger partial charge in [-0.05, 0) is 36.8 Å². The maximum atomic E-state index is 12.7. The summed E-state index contributed by atoms with van der Waals surface area (Å²) in [6.07, 6.45) is 5.03. The monoisotopic (exact) mass is 342 g/mol. The molecule has 0 atom stereocenters. The molecule has 0 bridgehead atoms. The number of hydrogen-bond acceptors (Lipinski definition) is 5. The van der Waals surface area contributed by atoms with E-state index >= 15 is 0 Å². The summed E-state index contributed by atoms with van der Waals surface area (Å²) in [5.74, 6) is 0.446. The molecule has 0 radical (unpaired) electrons. The molecule has 26 heavy (non-hydrogen) atoms. The van der Waals surface area contributed by atoms with Crippen LogP contribution >= 0.6 is 0 Å². The van der Waals surface area contributed by atoms with Gasteiger partial charge < -0.3 is 9.32 Å². The number of oxazole rings is 1. The Morgan fingerprint density at radius 3 is 2.92 bits per heavy atom. The van der Waals surface area contributed by atoms with Crippen molar-refractivity contribution in [1.82, 2.24) is 15.0 Å². The van der Waals surface area contributed by atoms with Crippen molar-refractivity contribution >= 4 is 22.8 Å². The van der Waals surface area contributed by atoms with Crippen LogP contribution in [0.5, 0.6) is 0 Å². The molecule has 4 heterocycles. The minimum atomic E-state index is -0.0165. The highest BCUT2D eigenvalue weighted by atomic mass is 16.4. The van der Waals surface area contributed by atoms with Gasteiger partial charge in [-0.1, -0.05) is 17.7 Å². The fourth-order valence-corrected chi connectivity index (χ4v) is 3.23. The SMILES string of the molecule is Cc1ccc2c(c1)CN(c1cnc3oc(-c4cccnc4)nc3c1)C2=O. The van der Waals surface area contributed by atoms with Crippen molar-refractivity contribution in [3.05, 3.63) is 71.7 Å². The number of aryl methyl sites for hydroxylation is 1. The molecule has 1 amide bonds. The van der Waals surface area contributed by atoms with E-state index in [0.29, 0.717) is 29.4 Å². The molecule has 6 heteroatoms. The van der Waals surface area contributed by atoms with E-state index in [-0.39, 0.29) is 5.91 Å². The van der Waals surface area contributed by atoms with Gasteiger partial charge in [-0.15, -0.1) is 0 Å². The number of fused-ring (bicyclic) bond motifs is 2. The lowest BCUT2D eigenvalue weighted by Crippen LogP contribution is -2.23. The highest BCUT2D eigenvalue weighted by Crippen LogP contribution is 2.31. The molecular formula is C20H14N4O2. The highest BCUT2D eigenvalue weighted by Gasteiger charge is 2.29. The van der Waals surface area contributed by atoms with Crippen molar-refractivity contribution in [3.8, 4) is 11.5 Å². The van der Waals surface area contributed by atoms with Crippen molar-refractivity contribution in [2.45, 2.75) is 13.5 Å². The van der Waals surface area contributed by atoms with E-state index in [4.69, 9.17) is 4.42 Å². The van der Waals surface area contributed by atoms with Gasteiger partial charge in [0.2, 0.25) is 11.6 Å². The number of aromatic nitrogens is 3. The second-order valence-corrected chi connectivity index (χ2v) is 6.33. The molecule has 0 saturated carbocycles. The molecule has 1 aliphatic heterocycles. The smallest absolute Gasteiger partial charge is 0.258 e. The molecule has 0 N–H and O–H groups in total. The third-order valence-electron chi connectivity index (χ3n) is 4.52. The third kappa shape index (κ3) is 2.27. The van der Waals surface area contributed by atoms with Crippen LogP contribution < -0.4 is 4.90 Å². The van der Waals surface area contributed by atoms with Gasteiger partial charge in [0, 0.05) is 18.0 Å².